The Balaban J connectivity index is 0. The standard InChI is InChI=1S/C7H9NO.C2H7N/c1-2-3-4-7(5-8)6-9;1-3-2/h4,6H,2-3H2,1H3;3H,1-2H3/b7-4-;. The van der Waals surface area contributed by atoms with Crippen molar-refractivity contribution in [1.82, 2.24) is 5.32 Å². The first-order valence-electron chi connectivity index (χ1n) is 3.90. The molecule has 0 atom stereocenters. The Bertz CT molecular complexity index is 168. The number of hydrogen-bond donors (Lipinski definition) is 1. The first kappa shape index (κ1) is 13.4. The molecule has 0 aromatic rings. The molecule has 3 nitrogen and oxygen atoms in total. The minimum atomic E-state index is 0.233. The number of carbonyl (C=O) groups is 1. The van der Waals surface area contributed by atoms with Crippen LogP contribution in [0.1, 0.15) is 19.8 Å². The summed E-state index contributed by atoms with van der Waals surface area (Å²) in [7, 11) is 3.75. The van der Waals surface area contributed by atoms with Gasteiger partial charge in [0, 0.05) is 0 Å². The van der Waals surface area contributed by atoms with E-state index in [0.29, 0.717) is 6.29 Å². The summed E-state index contributed by atoms with van der Waals surface area (Å²) in [5, 5.41) is 11.0. The highest BCUT2D eigenvalue weighted by atomic mass is 16.1. The van der Waals surface area contributed by atoms with Gasteiger partial charge in [-0.2, -0.15) is 5.26 Å². The van der Waals surface area contributed by atoms with E-state index in [9.17, 15) is 4.79 Å². The fraction of sp³-hybridized carbons (Fsp3) is 0.556. The predicted molar refractivity (Wildman–Crippen MR) is 49.7 cm³/mol. The summed E-state index contributed by atoms with van der Waals surface area (Å²) >= 11 is 0. The highest BCUT2D eigenvalue weighted by molar-refractivity contribution is 5.78. The van der Waals surface area contributed by atoms with E-state index in [1.807, 2.05) is 21.0 Å². The van der Waals surface area contributed by atoms with Crippen LogP contribution in [-0.2, 0) is 4.79 Å². The van der Waals surface area contributed by atoms with Crippen molar-refractivity contribution in [2.75, 3.05) is 14.1 Å². The van der Waals surface area contributed by atoms with Gasteiger partial charge in [0.2, 0.25) is 0 Å². The Morgan fingerprint density at radius 3 is 2.33 bits per heavy atom. The minimum Gasteiger partial charge on any atom is -0.323 e. The fourth-order valence-corrected chi connectivity index (χ4v) is 0.420. The van der Waals surface area contributed by atoms with E-state index in [4.69, 9.17) is 5.26 Å². The van der Waals surface area contributed by atoms with Crippen molar-refractivity contribution >= 4 is 6.29 Å². The summed E-state index contributed by atoms with van der Waals surface area (Å²) in [6, 6.07) is 1.78. The molecule has 0 saturated heterocycles. The van der Waals surface area contributed by atoms with Crippen molar-refractivity contribution < 1.29 is 4.79 Å². The van der Waals surface area contributed by atoms with Gasteiger partial charge in [-0.15, -0.1) is 0 Å². The van der Waals surface area contributed by atoms with Crippen LogP contribution in [0.5, 0.6) is 0 Å². The first-order chi connectivity index (χ1) is 5.76. The van der Waals surface area contributed by atoms with Crippen molar-refractivity contribution in [3.63, 3.8) is 0 Å². The summed E-state index contributed by atoms with van der Waals surface area (Å²) in [5.41, 5.74) is 0.233. The van der Waals surface area contributed by atoms with Gasteiger partial charge in [0.1, 0.15) is 6.07 Å². The maximum Gasteiger partial charge on any atom is 0.160 e. The molecule has 0 aromatic heterocycles. The molecule has 0 saturated carbocycles. The maximum atomic E-state index is 9.95. The second-order valence-electron chi connectivity index (χ2n) is 2.18. The summed E-state index contributed by atoms with van der Waals surface area (Å²) in [6.45, 7) is 2.00. The van der Waals surface area contributed by atoms with Crippen molar-refractivity contribution in [3.05, 3.63) is 11.6 Å². The average Bonchev–Trinajstić information content (AvgIpc) is 2.08. The topological polar surface area (TPSA) is 52.9 Å². The van der Waals surface area contributed by atoms with Crippen LogP contribution in [0.25, 0.3) is 0 Å². The number of allylic oxidation sites excluding steroid dienone is 2. The molecular formula is C9H16N2O. The molecule has 0 fully saturated rings. The van der Waals surface area contributed by atoms with Crippen LogP contribution in [0.4, 0.5) is 0 Å². The summed E-state index contributed by atoms with van der Waals surface area (Å²) in [4.78, 5) is 9.95. The molecule has 3 heteroatoms. The lowest BCUT2D eigenvalue weighted by Crippen LogP contribution is -1.89. The molecule has 0 unspecified atom stereocenters. The lowest BCUT2D eigenvalue weighted by molar-refractivity contribution is -0.104. The van der Waals surface area contributed by atoms with Crippen LogP contribution in [0, 0.1) is 11.3 Å². The van der Waals surface area contributed by atoms with Crippen LogP contribution in [0.15, 0.2) is 11.6 Å². The molecule has 0 aromatic carbocycles. The third-order valence-electron chi connectivity index (χ3n) is 0.909. The largest absolute Gasteiger partial charge is 0.323 e. The predicted octanol–water partition coefficient (Wildman–Crippen LogP) is 1.27. The molecule has 0 aliphatic heterocycles. The van der Waals surface area contributed by atoms with Crippen LogP contribution in [-0.4, -0.2) is 20.4 Å². The second-order valence-corrected chi connectivity index (χ2v) is 2.18. The van der Waals surface area contributed by atoms with Gasteiger partial charge in [-0.25, -0.2) is 0 Å². The molecule has 0 heterocycles. The quantitative estimate of drug-likeness (QED) is 0.392. The zero-order valence-corrected chi connectivity index (χ0v) is 7.92. The second kappa shape index (κ2) is 12.5. The van der Waals surface area contributed by atoms with E-state index >= 15 is 0 Å². The molecule has 0 rings (SSSR count). The van der Waals surface area contributed by atoms with Gasteiger partial charge in [0.25, 0.3) is 0 Å². The molecule has 0 spiro atoms. The van der Waals surface area contributed by atoms with Crippen molar-refractivity contribution in [1.29, 1.82) is 5.26 Å². The normalized spacial score (nSPS) is 9.33. The highest BCUT2D eigenvalue weighted by Gasteiger charge is 1.86. The number of unbranched alkanes of at least 4 members (excludes halogenated alkanes) is 1. The van der Waals surface area contributed by atoms with Crippen LogP contribution in [0.3, 0.4) is 0 Å². The molecule has 0 bridgehead atoms. The van der Waals surface area contributed by atoms with Crippen molar-refractivity contribution in [2.45, 2.75) is 19.8 Å². The molecule has 0 radical (unpaired) electrons. The minimum absolute atomic E-state index is 0.233. The number of nitrogens with zero attached hydrogens (tertiary/aromatic N) is 1. The summed E-state index contributed by atoms with van der Waals surface area (Å²) < 4.78 is 0. The molecule has 0 aliphatic carbocycles. The molecule has 0 aliphatic rings. The zero-order valence-electron chi connectivity index (χ0n) is 7.92. The van der Waals surface area contributed by atoms with Crippen molar-refractivity contribution in [3.8, 4) is 6.07 Å². The zero-order chi connectivity index (χ0) is 9.82. The van der Waals surface area contributed by atoms with Crippen LogP contribution >= 0.6 is 0 Å². The third kappa shape index (κ3) is 11.6. The smallest absolute Gasteiger partial charge is 0.160 e. The van der Waals surface area contributed by atoms with Gasteiger partial charge >= 0.3 is 0 Å². The number of aldehydes is 1. The van der Waals surface area contributed by atoms with Crippen LogP contribution in [0.2, 0.25) is 0 Å². The summed E-state index contributed by atoms with van der Waals surface area (Å²) in [5.74, 6) is 0. The Labute approximate surface area is 74.1 Å². The molecule has 0 amide bonds. The number of nitrogens with one attached hydrogen (secondary N) is 1. The number of nitriles is 1. The lowest BCUT2D eigenvalue weighted by atomic mass is 10.2. The first-order valence-corrected chi connectivity index (χ1v) is 3.90. The molecule has 12 heavy (non-hydrogen) atoms. The van der Waals surface area contributed by atoms with Gasteiger partial charge in [-0.1, -0.05) is 19.4 Å². The Morgan fingerprint density at radius 2 is 2.08 bits per heavy atom. The molecule has 68 valence electrons. The monoisotopic (exact) mass is 168 g/mol. The van der Waals surface area contributed by atoms with Gasteiger partial charge in [0.15, 0.2) is 6.29 Å². The fourth-order valence-electron chi connectivity index (χ4n) is 0.420. The van der Waals surface area contributed by atoms with Gasteiger partial charge in [-0.05, 0) is 20.5 Å². The number of rotatable bonds is 3. The maximum absolute atomic E-state index is 9.95. The third-order valence-corrected chi connectivity index (χ3v) is 0.909. The van der Waals surface area contributed by atoms with E-state index in [1.165, 1.54) is 0 Å². The molecule has 1 N–H and O–H groups in total. The lowest BCUT2D eigenvalue weighted by Gasteiger charge is -1.82. The Morgan fingerprint density at radius 1 is 1.58 bits per heavy atom. The van der Waals surface area contributed by atoms with E-state index in [-0.39, 0.29) is 5.57 Å². The van der Waals surface area contributed by atoms with Gasteiger partial charge in [0.05, 0.1) is 5.57 Å². The van der Waals surface area contributed by atoms with E-state index in [1.54, 1.807) is 12.1 Å². The van der Waals surface area contributed by atoms with E-state index in [2.05, 4.69) is 5.32 Å². The van der Waals surface area contributed by atoms with Gasteiger partial charge < -0.3 is 5.32 Å². The summed E-state index contributed by atoms with van der Waals surface area (Å²) in [6.07, 6.45) is 4.00. The van der Waals surface area contributed by atoms with E-state index < -0.39 is 0 Å². The van der Waals surface area contributed by atoms with Crippen molar-refractivity contribution in [2.24, 2.45) is 0 Å². The Kier molecular flexibility index (Phi) is 14.0. The number of carbonyl (C=O) groups excluding carboxylic acids is 1. The van der Waals surface area contributed by atoms with Gasteiger partial charge in [-0.3, -0.25) is 4.79 Å². The van der Waals surface area contributed by atoms with Crippen LogP contribution < -0.4 is 5.32 Å². The number of hydrogen-bond acceptors (Lipinski definition) is 3. The highest BCUT2D eigenvalue weighted by Crippen LogP contribution is 1.93. The Hall–Kier alpha value is -1.14. The average molecular weight is 168 g/mol. The SMILES string of the molecule is CCC/C=C(/C#N)C=O.CNC. The molecular weight excluding hydrogens is 152 g/mol. The van der Waals surface area contributed by atoms with E-state index in [0.717, 1.165) is 12.8 Å².